The molecular formula is C14H24N4O2S. The van der Waals surface area contributed by atoms with E-state index in [1.165, 1.54) is 0 Å². The molecule has 21 heavy (non-hydrogen) atoms. The van der Waals surface area contributed by atoms with Crippen molar-refractivity contribution < 1.29 is 8.42 Å². The fourth-order valence-corrected chi connectivity index (χ4v) is 4.74. The molecule has 118 valence electrons. The van der Waals surface area contributed by atoms with Gasteiger partial charge in [-0.25, -0.2) is 18.1 Å². The van der Waals surface area contributed by atoms with Crippen molar-refractivity contribution in [2.45, 2.75) is 62.6 Å². The Balaban J connectivity index is 1.78. The Kier molecular flexibility index (Phi) is 4.33. The van der Waals surface area contributed by atoms with E-state index >= 15 is 0 Å². The fraction of sp³-hybridized carbons (Fsp3) is 0.786. The predicted octanol–water partition coefficient (Wildman–Crippen LogP) is 1.02. The van der Waals surface area contributed by atoms with Crippen LogP contribution >= 0.6 is 0 Å². The van der Waals surface area contributed by atoms with Crippen molar-refractivity contribution in [2.75, 3.05) is 6.54 Å². The highest BCUT2D eigenvalue weighted by atomic mass is 32.2. The van der Waals surface area contributed by atoms with E-state index in [1.807, 2.05) is 4.57 Å². The summed E-state index contributed by atoms with van der Waals surface area (Å²) in [6, 6.07) is -0.0486. The van der Waals surface area contributed by atoms with Crippen molar-refractivity contribution >= 4 is 10.0 Å². The van der Waals surface area contributed by atoms with Crippen LogP contribution in [0.5, 0.6) is 0 Å². The van der Waals surface area contributed by atoms with Crippen LogP contribution in [0.1, 0.15) is 44.3 Å². The second-order valence-electron chi connectivity index (χ2n) is 6.15. The van der Waals surface area contributed by atoms with E-state index < -0.39 is 10.0 Å². The second-order valence-corrected chi connectivity index (χ2v) is 7.81. The first-order valence-corrected chi connectivity index (χ1v) is 9.37. The molecular weight excluding hydrogens is 288 g/mol. The van der Waals surface area contributed by atoms with Crippen molar-refractivity contribution in [2.24, 2.45) is 11.7 Å². The number of hydrogen-bond donors (Lipinski definition) is 2. The molecule has 0 saturated heterocycles. The largest absolute Gasteiger partial charge is 0.333 e. The van der Waals surface area contributed by atoms with Crippen LogP contribution in [-0.2, 0) is 23.0 Å². The van der Waals surface area contributed by atoms with Gasteiger partial charge in [0.05, 0.1) is 0 Å². The summed E-state index contributed by atoms with van der Waals surface area (Å²) < 4.78 is 29.9. The van der Waals surface area contributed by atoms with Crippen LogP contribution in [0.15, 0.2) is 11.2 Å². The van der Waals surface area contributed by atoms with Gasteiger partial charge in [-0.2, -0.15) is 0 Å². The third-order valence-corrected chi connectivity index (χ3v) is 6.04. The summed E-state index contributed by atoms with van der Waals surface area (Å²) in [6.45, 7) is 1.40. The average Bonchev–Trinajstić information content (AvgIpc) is 2.92. The Bertz CT molecular complexity index is 573. The third-order valence-electron chi connectivity index (χ3n) is 4.68. The molecule has 2 aliphatic rings. The highest BCUT2D eigenvalue weighted by Crippen LogP contribution is 2.25. The van der Waals surface area contributed by atoms with E-state index in [-0.39, 0.29) is 17.0 Å². The van der Waals surface area contributed by atoms with E-state index in [2.05, 4.69) is 9.71 Å². The quantitative estimate of drug-likeness (QED) is 0.868. The van der Waals surface area contributed by atoms with Gasteiger partial charge in [0, 0.05) is 25.2 Å². The summed E-state index contributed by atoms with van der Waals surface area (Å²) in [6.07, 6.45) is 8.79. The number of rotatable bonds is 4. The number of aryl methyl sites for hydroxylation is 2. The highest BCUT2D eigenvalue weighted by molar-refractivity contribution is 7.89. The van der Waals surface area contributed by atoms with Crippen LogP contribution < -0.4 is 10.5 Å². The maximum atomic E-state index is 12.6. The summed E-state index contributed by atoms with van der Waals surface area (Å²) in [4.78, 5) is 4.32. The molecule has 0 amide bonds. The molecule has 3 N–H and O–H groups in total. The topological polar surface area (TPSA) is 90.0 Å². The SMILES string of the molecule is NCC1CCCCC1NS(=O)(=O)c1cn2c(n1)CCCC2. The number of aromatic nitrogens is 2. The lowest BCUT2D eigenvalue weighted by molar-refractivity contribution is 0.296. The maximum absolute atomic E-state index is 12.6. The summed E-state index contributed by atoms with van der Waals surface area (Å²) in [5.74, 6) is 1.13. The molecule has 0 spiro atoms. The van der Waals surface area contributed by atoms with Gasteiger partial charge in [-0.1, -0.05) is 12.8 Å². The molecule has 1 aliphatic carbocycles. The van der Waals surface area contributed by atoms with Crippen LogP contribution in [0, 0.1) is 5.92 Å². The van der Waals surface area contributed by atoms with Crippen LogP contribution in [0.25, 0.3) is 0 Å². The Morgan fingerprint density at radius 1 is 1.29 bits per heavy atom. The Morgan fingerprint density at radius 3 is 2.86 bits per heavy atom. The van der Waals surface area contributed by atoms with Crippen molar-refractivity contribution in [3.63, 3.8) is 0 Å². The van der Waals surface area contributed by atoms with E-state index in [0.29, 0.717) is 6.54 Å². The number of imidazole rings is 1. The molecule has 7 heteroatoms. The number of sulfonamides is 1. The Morgan fingerprint density at radius 2 is 2.10 bits per heavy atom. The Labute approximate surface area is 126 Å². The first kappa shape index (κ1) is 15.0. The zero-order chi connectivity index (χ0) is 14.9. The van der Waals surface area contributed by atoms with Gasteiger partial charge in [-0.15, -0.1) is 0 Å². The molecule has 0 bridgehead atoms. The van der Waals surface area contributed by atoms with Gasteiger partial charge in [0.2, 0.25) is 0 Å². The molecule has 2 unspecified atom stereocenters. The van der Waals surface area contributed by atoms with Crippen LogP contribution in [0.3, 0.4) is 0 Å². The first-order valence-electron chi connectivity index (χ1n) is 7.88. The minimum absolute atomic E-state index is 0.0486. The number of hydrogen-bond acceptors (Lipinski definition) is 4. The lowest BCUT2D eigenvalue weighted by atomic mass is 9.85. The van der Waals surface area contributed by atoms with Crippen molar-refractivity contribution in [1.82, 2.24) is 14.3 Å². The van der Waals surface area contributed by atoms with Gasteiger partial charge >= 0.3 is 0 Å². The maximum Gasteiger partial charge on any atom is 0.259 e. The average molecular weight is 312 g/mol. The normalized spacial score (nSPS) is 26.5. The molecule has 0 aromatic carbocycles. The van der Waals surface area contributed by atoms with Gasteiger partial charge in [0.15, 0.2) is 5.03 Å². The smallest absolute Gasteiger partial charge is 0.259 e. The number of nitrogens with two attached hydrogens (primary N) is 1. The molecule has 2 atom stereocenters. The summed E-state index contributed by atoms with van der Waals surface area (Å²) in [5.41, 5.74) is 5.78. The standard InChI is InChI=1S/C14H24N4O2S/c15-9-11-5-1-2-6-12(11)17-21(19,20)14-10-18-8-4-3-7-13(18)16-14/h10-12,17H,1-9,15H2. The third kappa shape index (κ3) is 3.14. The van der Waals surface area contributed by atoms with Crippen LogP contribution in [0.2, 0.25) is 0 Å². The Hall–Kier alpha value is -0.920. The fourth-order valence-electron chi connectivity index (χ4n) is 3.42. The molecule has 6 nitrogen and oxygen atoms in total. The van der Waals surface area contributed by atoms with E-state index in [4.69, 9.17) is 5.73 Å². The molecule has 0 radical (unpaired) electrons. The van der Waals surface area contributed by atoms with Crippen molar-refractivity contribution in [3.05, 3.63) is 12.0 Å². The minimum atomic E-state index is -3.53. The number of nitrogens with one attached hydrogen (secondary N) is 1. The van der Waals surface area contributed by atoms with Gasteiger partial charge in [-0.3, -0.25) is 0 Å². The van der Waals surface area contributed by atoms with Crippen molar-refractivity contribution in [3.8, 4) is 0 Å². The molecule has 1 aromatic heterocycles. The molecule has 2 heterocycles. The van der Waals surface area contributed by atoms with Gasteiger partial charge in [0.1, 0.15) is 5.82 Å². The molecule has 3 rings (SSSR count). The molecule has 1 fully saturated rings. The highest BCUT2D eigenvalue weighted by Gasteiger charge is 2.30. The van der Waals surface area contributed by atoms with Gasteiger partial charge < -0.3 is 10.3 Å². The summed E-state index contributed by atoms with van der Waals surface area (Å²) in [5, 5.41) is 0.167. The lowest BCUT2D eigenvalue weighted by Gasteiger charge is -2.30. The summed E-state index contributed by atoms with van der Waals surface area (Å²) in [7, 11) is -3.53. The number of nitrogens with zero attached hydrogens (tertiary/aromatic N) is 2. The zero-order valence-corrected chi connectivity index (χ0v) is 13.1. The second kappa shape index (κ2) is 6.06. The predicted molar refractivity (Wildman–Crippen MR) is 80.3 cm³/mol. The minimum Gasteiger partial charge on any atom is -0.333 e. The lowest BCUT2D eigenvalue weighted by Crippen LogP contribution is -2.44. The van der Waals surface area contributed by atoms with E-state index in [1.54, 1.807) is 6.20 Å². The van der Waals surface area contributed by atoms with Crippen LogP contribution in [-0.4, -0.2) is 30.6 Å². The zero-order valence-electron chi connectivity index (χ0n) is 12.3. The van der Waals surface area contributed by atoms with Gasteiger partial charge in [0.25, 0.3) is 10.0 Å². The van der Waals surface area contributed by atoms with Crippen molar-refractivity contribution in [1.29, 1.82) is 0 Å². The monoisotopic (exact) mass is 312 g/mol. The van der Waals surface area contributed by atoms with Gasteiger partial charge in [-0.05, 0) is 38.1 Å². The number of fused-ring (bicyclic) bond motifs is 1. The molecule has 1 saturated carbocycles. The van der Waals surface area contributed by atoms with E-state index in [9.17, 15) is 8.42 Å². The first-order chi connectivity index (χ1) is 10.1. The molecule has 1 aliphatic heterocycles. The summed E-state index contributed by atoms with van der Waals surface area (Å²) >= 11 is 0. The van der Waals surface area contributed by atoms with E-state index in [0.717, 1.165) is 57.3 Å². The van der Waals surface area contributed by atoms with Crippen LogP contribution in [0.4, 0.5) is 0 Å². The molecule has 1 aromatic rings.